The van der Waals surface area contributed by atoms with Crippen LogP contribution in [0.2, 0.25) is 18.6 Å². The van der Waals surface area contributed by atoms with Crippen molar-refractivity contribution in [2.24, 2.45) is 5.92 Å². The van der Waals surface area contributed by atoms with Gasteiger partial charge in [0.2, 0.25) is 14.3 Å². The molecule has 0 radical (unpaired) electrons. The van der Waals surface area contributed by atoms with Gasteiger partial charge in [-0.25, -0.2) is 0 Å². The minimum absolute atomic E-state index is 0.0152. The highest BCUT2D eigenvalue weighted by molar-refractivity contribution is 9.10. The van der Waals surface area contributed by atoms with E-state index >= 15 is 4.11 Å². The molecule has 0 unspecified atom stereocenters. The van der Waals surface area contributed by atoms with E-state index in [0.29, 0.717) is 30.8 Å². The molecular formula is C32H40BrFN6O4Si. The standard InChI is InChI=1S/C32H40BrFN6O4Si/c1-20-29(45(2,3)34)28(11-14-39-19-24(12-15-41)37-38-39)44-32(20)25-17-22(33)9-10-27(25)40(31(32)43)18-21-6-4-7-23(16-21)36-30(42)26-8-5-13-35-26/h4,6-7,9-10,16-17,19-20,26,28-29,35,41H,5,8,11-15,18H2,1-3H3,(H,36,42)/t20-,26+,28+,29-,32+/m0/s1. The van der Waals surface area contributed by atoms with Crippen molar-refractivity contribution in [2.75, 3.05) is 23.4 Å². The minimum Gasteiger partial charge on any atom is -0.396 e. The van der Waals surface area contributed by atoms with Gasteiger partial charge in [-0.2, -0.15) is 0 Å². The third kappa shape index (κ3) is 6.12. The summed E-state index contributed by atoms with van der Waals surface area (Å²) in [4.78, 5) is 29.1. The first-order valence-electron chi connectivity index (χ1n) is 15.6. The van der Waals surface area contributed by atoms with E-state index in [1.165, 1.54) is 0 Å². The predicted octanol–water partition coefficient (Wildman–Crippen LogP) is 4.68. The molecule has 1 spiro atoms. The normalized spacial score (nSPS) is 26.2. The monoisotopic (exact) mass is 698 g/mol. The van der Waals surface area contributed by atoms with Crippen LogP contribution in [0, 0.1) is 5.92 Å². The molecular weight excluding hydrogens is 659 g/mol. The Kier molecular flexibility index (Phi) is 9.01. The molecule has 2 aromatic carbocycles. The number of ether oxygens (including phenoxy) is 1. The fourth-order valence-electron chi connectivity index (χ4n) is 7.45. The highest BCUT2D eigenvalue weighted by atomic mass is 79.9. The van der Waals surface area contributed by atoms with Crippen molar-refractivity contribution in [1.29, 1.82) is 0 Å². The number of carbonyl (C=O) groups is 2. The lowest BCUT2D eigenvalue weighted by Gasteiger charge is -2.31. The Morgan fingerprint density at radius 3 is 2.84 bits per heavy atom. The number of fused-ring (bicyclic) bond motifs is 2. The van der Waals surface area contributed by atoms with Crippen LogP contribution < -0.4 is 15.5 Å². The Hall–Kier alpha value is -2.97. The van der Waals surface area contributed by atoms with Crippen molar-refractivity contribution in [2.45, 2.75) is 82.1 Å². The van der Waals surface area contributed by atoms with E-state index in [2.05, 4.69) is 36.9 Å². The molecule has 3 aliphatic heterocycles. The highest BCUT2D eigenvalue weighted by Gasteiger charge is 2.66. The van der Waals surface area contributed by atoms with Gasteiger partial charge in [0.1, 0.15) is 0 Å². The zero-order chi connectivity index (χ0) is 31.9. The van der Waals surface area contributed by atoms with E-state index in [4.69, 9.17) is 4.74 Å². The summed E-state index contributed by atoms with van der Waals surface area (Å²) >= 11 is 3.60. The van der Waals surface area contributed by atoms with E-state index in [-0.39, 0.29) is 31.0 Å². The maximum absolute atomic E-state index is 16.2. The molecule has 4 heterocycles. The molecule has 3 aliphatic rings. The Morgan fingerprint density at radius 2 is 2.11 bits per heavy atom. The van der Waals surface area contributed by atoms with Crippen LogP contribution in [0.4, 0.5) is 15.5 Å². The first-order valence-corrected chi connectivity index (χ1v) is 19.4. The number of aromatic nitrogens is 3. The highest BCUT2D eigenvalue weighted by Crippen LogP contribution is 2.60. The number of hydrogen-bond donors (Lipinski definition) is 3. The van der Waals surface area contributed by atoms with E-state index in [1.54, 1.807) is 28.9 Å². The summed E-state index contributed by atoms with van der Waals surface area (Å²) < 4.78 is 25.5. The minimum atomic E-state index is -3.32. The second kappa shape index (κ2) is 12.7. The van der Waals surface area contributed by atoms with E-state index in [1.807, 2.05) is 49.4 Å². The van der Waals surface area contributed by atoms with Crippen LogP contribution in [0.3, 0.4) is 0 Å². The number of hydrogen-bond acceptors (Lipinski definition) is 7. The zero-order valence-corrected chi connectivity index (χ0v) is 28.4. The summed E-state index contributed by atoms with van der Waals surface area (Å²) in [5.74, 6) is -0.677. The molecule has 0 saturated carbocycles. The predicted molar refractivity (Wildman–Crippen MR) is 175 cm³/mol. The molecule has 45 heavy (non-hydrogen) atoms. The number of aliphatic hydroxyl groups excluding tert-OH is 1. The number of halogens is 2. The molecule has 3 N–H and O–H groups in total. The average molecular weight is 700 g/mol. The second-order valence-corrected chi connectivity index (χ2v) is 17.6. The molecule has 2 amide bonds. The van der Waals surface area contributed by atoms with Gasteiger partial charge in [0.15, 0.2) is 5.60 Å². The van der Waals surface area contributed by atoms with Gasteiger partial charge in [-0.15, -0.1) is 5.10 Å². The molecule has 3 aromatic rings. The maximum Gasteiger partial charge on any atom is 0.264 e. The molecule has 0 aliphatic carbocycles. The lowest BCUT2D eigenvalue weighted by Crippen LogP contribution is -2.45. The fourth-order valence-corrected chi connectivity index (χ4v) is 10.4. The zero-order valence-electron chi connectivity index (χ0n) is 25.8. The van der Waals surface area contributed by atoms with Gasteiger partial charge in [-0.3, -0.25) is 14.3 Å². The van der Waals surface area contributed by atoms with Crippen molar-refractivity contribution in [1.82, 2.24) is 20.3 Å². The van der Waals surface area contributed by atoms with Crippen LogP contribution >= 0.6 is 15.9 Å². The van der Waals surface area contributed by atoms with E-state index in [0.717, 1.165) is 40.7 Å². The van der Waals surface area contributed by atoms with Crippen LogP contribution in [0.5, 0.6) is 0 Å². The topological polar surface area (TPSA) is 122 Å². The first kappa shape index (κ1) is 32.0. The molecule has 1 aromatic heterocycles. The largest absolute Gasteiger partial charge is 0.396 e. The Labute approximate surface area is 272 Å². The SMILES string of the molecule is C[C@H]1[C@H]([Si](C)(C)F)[C@@H](CCn2cc(CCO)nn2)O[C@]12C(=O)N(Cc1cccc(NC(=O)[C@H]3CCCN3)c1)c1ccc(Br)cc12. The number of anilines is 2. The summed E-state index contributed by atoms with van der Waals surface area (Å²) in [7, 11) is -3.32. The van der Waals surface area contributed by atoms with Gasteiger partial charge in [0, 0.05) is 53.0 Å². The van der Waals surface area contributed by atoms with E-state index < -0.39 is 31.6 Å². The van der Waals surface area contributed by atoms with Crippen molar-refractivity contribution in [3.8, 4) is 0 Å². The molecule has 13 heteroatoms. The van der Waals surface area contributed by atoms with Crippen molar-refractivity contribution in [3.05, 3.63) is 70.0 Å². The molecule has 2 saturated heterocycles. The molecule has 0 bridgehead atoms. The number of nitrogens with zero attached hydrogens (tertiary/aromatic N) is 4. The van der Waals surface area contributed by atoms with Gasteiger partial charge in [0.25, 0.3) is 5.91 Å². The fraction of sp³-hybridized carbons (Fsp3) is 0.500. The van der Waals surface area contributed by atoms with Crippen molar-refractivity contribution >= 4 is 47.5 Å². The number of benzene rings is 2. The van der Waals surface area contributed by atoms with Crippen LogP contribution in [0.15, 0.2) is 53.1 Å². The molecule has 6 rings (SSSR count). The maximum atomic E-state index is 16.2. The summed E-state index contributed by atoms with van der Waals surface area (Å²) in [6, 6.07) is 13.1. The third-order valence-electron chi connectivity index (χ3n) is 9.43. The van der Waals surface area contributed by atoms with Gasteiger partial charge in [-0.1, -0.05) is 40.2 Å². The smallest absolute Gasteiger partial charge is 0.264 e. The Morgan fingerprint density at radius 1 is 1.29 bits per heavy atom. The van der Waals surface area contributed by atoms with Gasteiger partial charge >= 0.3 is 0 Å². The number of nitrogens with one attached hydrogen (secondary N) is 2. The second-order valence-electron chi connectivity index (χ2n) is 12.9. The first-order chi connectivity index (χ1) is 21.5. The third-order valence-corrected chi connectivity index (χ3v) is 12.4. The lowest BCUT2D eigenvalue weighted by molar-refractivity contribution is -0.146. The van der Waals surface area contributed by atoms with Gasteiger partial charge < -0.3 is 29.5 Å². The van der Waals surface area contributed by atoms with Crippen LogP contribution in [0.1, 0.15) is 43.0 Å². The summed E-state index contributed by atoms with van der Waals surface area (Å²) in [6.07, 6.45) is 3.94. The summed E-state index contributed by atoms with van der Waals surface area (Å²) in [6.45, 7) is 6.88. The van der Waals surface area contributed by atoms with Crippen molar-refractivity contribution in [3.63, 3.8) is 0 Å². The average Bonchev–Trinajstić information content (AvgIpc) is 3.77. The van der Waals surface area contributed by atoms with Crippen LogP contribution in [-0.4, -0.2) is 65.6 Å². The number of amides is 2. The number of rotatable bonds is 10. The lowest BCUT2D eigenvalue weighted by atomic mass is 9.82. The molecule has 5 atom stereocenters. The number of carbonyl (C=O) groups excluding carboxylic acids is 2. The molecule has 10 nitrogen and oxygen atoms in total. The van der Waals surface area contributed by atoms with E-state index in [9.17, 15) is 14.7 Å². The van der Waals surface area contributed by atoms with Gasteiger partial charge in [-0.05, 0) is 74.8 Å². The van der Waals surface area contributed by atoms with Crippen LogP contribution in [-0.2, 0) is 39.4 Å². The van der Waals surface area contributed by atoms with Crippen LogP contribution in [0.25, 0.3) is 0 Å². The molecule has 2 fully saturated rings. The number of aliphatic hydroxyl groups is 1. The molecule has 240 valence electrons. The Bertz CT molecular complexity index is 1580. The Balaban J connectivity index is 1.28. The van der Waals surface area contributed by atoms with Gasteiger partial charge in [0.05, 0.1) is 30.1 Å². The summed E-state index contributed by atoms with van der Waals surface area (Å²) in [5.41, 5.74) is 1.92. The summed E-state index contributed by atoms with van der Waals surface area (Å²) in [5, 5.41) is 23.7. The van der Waals surface area contributed by atoms with Crippen molar-refractivity contribution < 1.29 is 23.5 Å². The quantitative estimate of drug-likeness (QED) is 0.208. The number of aryl methyl sites for hydroxylation is 1.